The lowest BCUT2D eigenvalue weighted by Crippen LogP contribution is -2.72. The summed E-state index contributed by atoms with van der Waals surface area (Å²) < 4.78 is 7.66. The van der Waals surface area contributed by atoms with Gasteiger partial charge in [0.2, 0.25) is 5.88 Å². The molecule has 1 aromatic carbocycles. The van der Waals surface area contributed by atoms with E-state index in [-0.39, 0.29) is 12.1 Å². The van der Waals surface area contributed by atoms with Gasteiger partial charge in [-0.2, -0.15) is 5.10 Å². The van der Waals surface area contributed by atoms with Gasteiger partial charge in [-0.25, -0.2) is 14.5 Å². The van der Waals surface area contributed by atoms with Gasteiger partial charge in [0.05, 0.1) is 23.3 Å². The van der Waals surface area contributed by atoms with Crippen molar-refractivity contribution in [2.24, 2.45) is 0 Å². The smallest absolute Gasteiger partial charge is 0.318 e. The predicted molar refractivity (Wildman–Crippen MR) is 121 cm³/mol. The second kappa shape index (κ2) is 7.25. The standard InChI is InChI=1S/C24H26N6O2/c1-15(2)26-24(31)30-19-10-20(30)13-28(12-19)17-5-7-18(8-6-17)29-11-16-14-32-23-21(22(16)27-29)4-3-9-25-23/h3-9,11,15,19-20H,10,12-14H2,1-2H3,(H,26,31). The maximum absolute atomic E-state index is 12.4. The molecule has 32 heavy (non-hydrogen) atoms. The van der Waals surface area contributed by atoms with E-state index in [4.69, 9.17) is 9.84 Å². The number of hydrogen-bond donors (Lipinski definition) is 1. The number of pyridine rings is 1. The van der Waals surface area contributed by atoms with Crippen LogP contribution in [0.25, 0.3) is 16.9 Å². The number of nitrogens with one attached hydrogen (secondary N) is 1. The van der Waals surface area contributed by atoms with Crippen molar-refractivity contribution >= 4 is 11.7 Å². The van der Waals surface area contributed by atoms with Crippen LogP contribution in [0.2, 0.25) is 0 Å². The average molecular weight is 431 g/mol. The summed E-state index contributed by atoms with van der Waals surface area (Å²) in [6, 6.07) is 13.2. The molecule has 0 radical (unpaired) electrons. The van der Waals surface area contributed by atoms with Crippen molar-refractivity contribution in [2.75, 3.05) is 18.0 Å². The number of fused-ring (bicyclic) bond motifs is 5. The fraction of sp³-hybridized carbons (Fsp3) is 0.375. The molecule has 0 aliphatic carbocycles. The molecule has 8 nitrogen and oxygen atoms in total. The van der Waals surface area contributed by atoms with Crippen molar-refractivity contribution in [3.63, 3.8) is 0 Å². The molecule has 7 rings (SSSR count). The van der Waals surface area contributed by atoms with E-state index in [1.807, 2.05) is 41.8 Å². The molecule has 2 unspecified atom stereocenters. The molecule has 4 aliphatic rings. The van der Waals surface area contributed by atoms with Crippen LogP contribution >= 0.6 is 0 Å². The van der Waals surface area contributed by atoms with E-state index in [2.05, 4.69) is 39.5 Å². The van der Waals surface area contributed by atoms with Crippen molar-refractivity contribution in [2.45, 2.75) is 45.0 Å². The van der Waals surface area contributed by atoms with Gasteiger partial charge in [0.25, 0.3) is 0 Å². The maximum atomic E-state index is 12.4. The fourth-order valence-electron chi connectivity index (χ4n) is 5.00. The van der Waals surface area contributed by atoms with Crippen molar-refractivity contribution < 1.29 is 9.53 Å². The number of hydrogen-bond acceptors (Lipinski definition) is 5. The summed E-state index contributed by atoms with van der Waals surface area (Å²) in [6.45, 7) is 6.23. The molecule has 0 saturated carbocycles. The van der Waals surface area contributed by atoms with E-state index >= 15 is 0 Å². The molecule has 3 fully saturated rings. The summed E-state index contributed by atoms with van der Waals surface area (Å²) in [4.78, 5) is 21.1. The third kappa shape index (κ3) is 3.09. The van der Waals surface area contributed by atoms with E-state index in [1.54, 1.807) is 6.20 Å². The Morgan fingerprint density at radius 1 is 1.12 bits per heavy atom. The predicted octanol–water partition coefficient (Wildman–Crippen LogP) is 3.21. The maximum Gasteiger partial charge on any atom is 0.318 e. The number of piperidine rings is 1. The van der Waals surface area contributed by atoms with Gasteiger partial charge in [-0.1, -0.05) is 0 Å². The highest BCUT2D eigenvalue weighted by molar-refractivity contribution is 5.77. The SMILES string of the molecule is CC(C)NC(=O)N1C2CC1CN(c1ccc(-n3cc4c(n3)-c3cccnc3OC4)cc1)C2. The van der Waals surface area contributed by atoms with Crippen LogP contribution in [-0.4, -0.2) is 56.9 Å². The van der Waals surface area contributed by atoms with Crippen LogP contribution in [0.5, 0.6) is 5.88 Å². The molecule has 4 aliphatic heterocycles. The molecule has 2 amide bonds. The second-order valence-electron chi connectivity index (χ2n) is 9.07. The van der Waals surface area contributed by atoms with Crippen molar-refractivity contribution in [1.82, 2.24) is 25.0 Å². The number of piperazine rings is 1. The summed E-state index contributed by atoms with van der Waals surface area (Å²) in [5.74, 6) is 0.639. The van der Waals surface area contributed by atoms with Crippen LogP contribution in [-0.2, 0) is 6.61 Å². The van der Waals surface area contributed by atoms with Gasteiger partial charge in [0.15, 0.2) is 0 Å². The molecular weight excluding hydrogens is 404 g/mol. The van der Waals surface area contributed by atoms with Crippen LogP contribution in [0.4, 0.5) is 10.5 Å². The first-order valence-corrected chi connectivity index (χ1v) is 11.2. The molecule has 2 aromatic heterocycles. The third-order valence-corrected chi connectivity index (χ3v) is 6.50. The summed E-state index contributed by atoms with van der Waals surface area (Å²) in [7, 11) is 0. The molecule has 0 spiro atoms. The lowest BCUT2D eigenvalue weighted by Gasteiger charge is -2.56. The molecule has 8 heteroatoms. The Morgan fingerprint density at radius 3 is 2.62 bits per heavy atom. The number of carbonyl (C=O) groups excluding carboxylic acids is 1. The van der Waals surface area contributed by atoms with E-state index in [9.17, 15) is 4.79 Å². The third-order valence-electron chi connectivity index (χ3n) is 6.50. The molecule has 3 aromatic rings. The van der Waals surface area contributed by atoms with Gasteiger partial charge in [-0.15, -0.1) is 0 Å². The Kier molecular flexibility index (Phi) is 4.34. The summed E-state index contributed by atoms with van der Waals surface area (Å²) >= 11 is 0. The Balaban J connectivity index is 1.18. The number of rotatable bonds is 3. The largest absolute Gasteiger partial charge is 0.472 e. The first-order valence-electron chi connectivity index (χ1n) is 11.2. The minimum Gasteiger partial charge on any atom is -0.472 e. The van der Waals surface area contributed by atoms with Crippen molar-refractivity contribution in [3.05, 3.63) is 54.4 Å². The van der Waals surface area contributed by atoms with Gasteiger partial charge in [-0.05, 0) is 56.7 Å². The lowest BCUT2D eigenvalue weighted by atomic mass is 9.87. The van der Waals surface area contributed by atoms with Gasteiger partial charge in [0, 0.05) is 42.8 Å². The van der Waals surface area contributed by atoms with Gasteiger partial charge < -0.3 is 19.9 Å². The van der Waals surface area contributed by atoms with E-state index in [0.717, 1.165) is 42.0 Å². The normalized spacial score (nSPS) is 20.8. The Morgan fingerprint density at radius 2 is 1.88 bits per heavy atom. The lowest BCUT2D eigenvalue weighted by molar-refractivity contribution is 0.0361. The zero-order valence-electron chi connectivity index (χ0n) is 18.2. The number of benzene rings is 1. The molecule has 2 bridgehead atoms. The molecule has 3 saturated heterocycles. The number of urea groups is 1. The summed E-state index contributed by atoms with van der Waals surface area (Å²) in [5, 5.41) is 7.83. The van der Waals surface area contributed by atoms with Gasteiger partial charge >= 0.3 is 6.03 Å². The summed E-state index contributed by atoms with van der Waals surface area (Å²) in [6.07, 6.45) is 4.86. The van der Waals surface area contributed by atoms with Crippen molar-refractivity contribution in [3.8, 4) is 22.8 Å². The second-order valence-corrected chi connectivity index (χ2v) is 9.07. The van der Waals surface area contributed by atoms with Crippen LogP contribution in [0.1, 0.15) is 25.8 Å². The number of anilines is 1. The molecular formula is C24H26N6O2. The highest BCUT2D eigenvalue weighted by Crippen LogP contribution is 2.36. The highest BCUT2D eigenvalue weighted by Gasteiger charge is 2.47. The molecule has 2 atom stereocenters. The Hall–Kier alpha value is -3.55. The number of ether oxygens (including phenoxy) is 1. The average Bonchev–Trinajstić information content (AvgIpc) is 3.23. The summed E-state index contributed by atoms with van der Waals surface area (Å²) in [5.41, 5.74) is 5.11. The molecule has 6 heterocycles. The molecule has 1 N–H and O–H groups in total. The Bertz CT molecular complexity index is 1160. The first kappa shape index (κ1) is 19.2. The molecule has 164 valence electrons. The number of carbonyl (C=O) groups is 1. The van der Waals surface area contributed by atoms with Crippen molar-refractivity contribution in [1.29, 1.82) is 0 Å². The highest BCUT2D eigenvalue weighted by atomic mass is 16.5. The van der Waals surface area contributed by atoms with Crippen LogP contribution in [0.15, 0.2) is 48.8 Å². The first-order chi connectivity index (χ1) is 15.6. The van der Waals surface area contributed by atoms with Crippen LogP contribution < -0.4 is 15.0 Å². The number of amides is 2. The quantitative estimate of drug-likeness (QED) is 0.691. The monoisotopic (exact) mass is 430 g/mol. The van der Waals surface area contributed by atoms with Gasteiger partial charge in [0.1, 0.15) is 12.3 Å². The van der Waals surface area contributed by atoms with E-state index in [1.165, 1.54) is 5.69 Å². The Labute approximate surface area is 186 Å². The zero-order valence-corrected chi connectivity index (χ0v) is 18.2. The fourth-order valence-corrected chi connectivity index (χ4v) is 5.00. The minimum absolute atomic E-state index is 0.0691. The number of nitrogens with zero attached hydrogens (tertiary/aromatic N) is 5. The van der Waals surface area contributed by atoms with Crippen LogP contribution in [0.3, 0.4) is 0 Å². The van der Waals surface area contributed by atoms with E-state index in [0.29, 0.717) is 24.6 Å². The number of aromatic nitrogens is 3. The van der Waals surface area contributed by atoms with Gasteiger partial charge in [-0.3, -0.25) is 0 Å². The van der Waals surface area contributed by atoms with E-state index < -0.39 is 0 Å². The topological polar surface area (TPSA) is 75.5 Å². The zero-order chi connectivity index (χ0) is 21.8. The minimum atomic E-state index is 0.0691. The van der Waals surface area contributed by atoms with Crippen LogP contribution in [0, 0.1) is 0 Å².